The maximum absolute atomic E-state index is 10.9. The highest BCUT2D eigenvalue weighted by molar-refractivity contribution is 5.96. The van der Waals surface area contributed by atoms with Gasteiger partial charge in [0.05, 0.1) is 12.8 Å². The van der Waals surface area contributed by atoms with Gasteiger partial charge in [-0.05, 0) is 13.0 Å². The number of nitrogens with zero attached hydrogens (tertiary/aromatic N) is 1. The number of hydrogen-bond acceptors (Lipinski definition) is 4. The number of carboxylic acid groups (broad SMARTS) is 1. The van der Waals surface area contributed by atoms with Crippen molar-refractivity contribution in [2.24, 2.45) is 0 Å². The third kappa shape index (κ3) is 1.41. The number of aromatic nitrogens is 1. The number of carbonyl (C=O) groups is 1. The quantitative estimate of drug-likeness (QED) is 0.813. The molecule has 0 unspecified atom stereocenters. The van der Waals surface area contributed by atoms with Gasteiger partial charge in [-0.25, -0.2) is 4.79 Å². The zero-order valence-electron chi connectivity index (χ0n) is 8.27. The van der Waals surface area contributed by atoms with E-state index in [0.717, 1.165) is 5.39 Å². The molecule has 0 atom stereocenters. The Labute approximate surface area is 85.2 Å². The second-order valence-electron chi connectivity index (χ2n) is 3.12. The predicted octanol–water partition coefficient (Wildman–Crippen LogP) is 1.84. The van der Waals surface area contributed by atoms with Crippen LogP contribution in [0, 0.1) is 6.92 Å². The predicted molar refractivity (Wildman–Crippen MR) is 52.3 cm³/mol. The minimum Gasteiger partial charge on any atom is -0.496 e. The molecule has 5 nitrogen and oxygen atoms in total. The van der Waals surface area contributed by atoms with Crippen molar-refractivity contribution < 1.29 is 19.2 Å². The molecular formula is C10H9NO4. The van der Waals surface area contributed by atoms with E-state index in [2.05, 4.69) is 5.16 Å². The average Bonchev–Trinajstić information content (AvgIpc) is 2.58. The number of hydrogen-bond donors (Lipinski definition) is 1. The molecule has 15 heavy (non-hydrogen) atoms. The largest absolute Gasteiger partial charge is 0.496 e. The number of ether oxygens (including phenoxy) is 1. The Morgan fingerprint density at radius 1 is 1.53 bits per heavy atom. The topological polar surface area (TPSA) is 72.6 Å². The highest BCUT2D eigenvalue weighted by Crippen LogP contribution is 2.27. The van der Waals surface area contributed by atoms with Crippen LogP contribution in [0.25, 0.3) is 11.0 Å². The standard InChI is InChI=1S/C10H9NO4/c1-5-6-3-8(14-2)7(10(12)13)4-9(6)15-11-5/h3-4H,1-2H3,(H,12,13). The second kappa shape index (κ2) is 3.27. The van der Waals surface area contributed by atoms with E-state index < -0.39 is 5.97 Å². The Morgan fingerprint density at radius 2 is 2.27 bits per heavy atom. The molecule has 0 spiro atoms. The van der Waals surface area contributed by atoms with E-state index in [1.165, 1.54) is 13.2 Å². The zero-order valence-corrected chi connectivity index (χ0v) is 8.27. The molecule has 0 radical (unpaired) electrons. The molecule has 0 amide bonds. The van der Waals surface area contributed by atoms with Gasteiger partial charge in [0.25, 0.3) is 0 Å². The highest BCUT2D eigenvalue weighted by Gasteiger charge is 2.15. The Hall–Kier alpha value is -2.04. The maximum Gasteiger partial charge on any atom is 0.339 e. The molecule has 1 aromatic heterocycles. The van der Waals surface area contributed by atoms with Crippen LogP contribution in [0.1, 0.15) is 16.1 Å². The van der Waals surface area contributed by atoms with Crippen LogP contribution in [-0.4, -0.2) is 23.3 Å². The van der Waals surface area contributed by atoms with Gasteiger partial charge >= 0.3 is 5.97 Å². The number of aromatic carboxylic acids is 1. The molecule has 0 aliphatic carbocycles. The summed E-state index contributed by atoms with van der Waals surface area (Å²) in [5, 5.41) is 13.4. The van der Waals surface area contributed by atoms with Crippen LogP contribution in [-0.2, 0) is 0 Å². The molecule has 5 heteroatoms. The van der Waals surface area contributed by atoms with Gasteiger partial charge < -0.3 is 14.4 Å². The number of fused-ring (bicyclic) bond motifs is 1. The summed E-state index contributed by atoms with van der Waals surface area (Å²) in [6.07, 6.45) is 0. The van der Waals surface area contributed by atoms with E-state index in [-0.39, 0.29) is 5.56 Å². The number of rotatable bonds is 2. The lowest BCUT2D eigenvalue weighted by Gasteiger charge is -2.03. The summed E-state index contributed by atoms with van der Waals surface area (Å²) in [7, 11) is 1.43. The third-order valence-corrected chi connectivity index (χ3v) is 2.20. The fraction of sp³-hybridized carbons (Fsp3) is 0.200. The summed E-state index contributed by atoms with van der Waals surface area (Å²) in [5.41, 5.74) is 1.23. The first-order valence-electron chi connectivity index (χ1n) is 4.31. The zero-order chi connectivity index (χ0) is 11.0. The molecule has 0 fully saturated rings. The normalized spacial score (nSPS) is 10.5. The van der Waals surface area contributed by atoms with Gasteiger partial charge in [-0.3, -0.25) is 0 Å². The fourth-order valence-corrected chi connectivity index (χ4v) is 1.42. The summed E-state index contributed by atoms with van der Waals surface area (Å²) >= 11 is 0. The highest BCUT2D eigenvalue weighted by atomic mass is 16.5. The molecule has 78 valence electrons. The number of aryl methyl sites for hydroxylation is 1. The van der Waals surface area contributed by atoms with Gasteiger partial charge in [-0.1, -0.05) is 5.16 Å². The summed E-state index contributed by atoms with van der Waals surface area (Å²) in [4.78, 5) is 10.9. The number of benzene rings is 1. The Bertz CT molecular complexity index is 529. The van der Waals surface area contributed by atoms with Crippen molar-refractivity contribution in [2.45, 2.75) is 6.92 Å². The van der Waals surface area contributed by atoms with Gasteiger partial charge in [0.15, 0.2) is 5.58 Å². The molecule has 1 aromatic carbocycles. The van der Waals surface area contributed by atoms with E-state index in [4.69, 9.17) is 14.4 Å². The van der Waals surface area contributed by atoms with Crippen molar-refractivity contribution in [1.82, 2.24) is 5.16 Å². The smallest absolute Gasteiger partial charge is 0.339 e. The van der Waals surface area contributed by atoms with Crippen LogP contribution >= 0.6 is 0 Å². The lowest BCUT2D eigenvalue weighted by atomic mass is 10.1. The number of carboxylic acids is 1. The molecule has 2 rings (SSSR count). The van der Waals surface area contributed by atoms with E-state index in [1.54, 1.807) is 13.0 Å². The Morgan fingerprint density at radius 3 is 2.87 bits per heavy atom. The molecular weight excluding hydrogens is 198 g/mol. The van der Waals surface area contributed by atoms with Gasteiger partial charge in [0.2, 0.25) is 0 Å². The molecule has 0 saturated heterocycles. The molecule has 0 saturated carbocycles. The third-order valence-electron chi connectivity index (χ3n) is 2.20. The first kappa shape index (κ1) is 9.51. The van der Waals surface area contributed by atoms with Crippen molar-refractivity contribution in [3.63, 3.8) is 0 Å². The fourth-order valence-electron chi connectivity index (χ4n) is 1.42. The molecule has 0 aliphatic heterocycles. The first-order chi connectivity index (χ1) is 7.13. The minimum absolute atomic E-state index is 0.0705. The second-order valence-corrected chi connectivity index (χ2v) is 3.12. The van der Waals surface area contributed by atoms with Crippen molar-refractivity contribution >= 4 is 16.9 Å². The van der Waals surface area contributed by atoms with Crippen LogP contribution in [0.15, 0.2) is 16.7 Å². The van der Waals surface area contributed by atoms with E-state index in [1.807, 2.05) is 0 Å². The van der Waals surface area contributed by atoms with E-state index in [9.17, 15) is 4.79 Å². The SMILES string of the molecule is COc1cc2c(C)noc2cc1C(=O)O. The van der Waals surface area contributed by atoms with Crippen LogP contribution in [0.5, 0.6) is 5.75 Å². The maximum atomic E-state index is 10.9. The average molecular weight is 207 g/mol. The van der Waals surface area contributed by atoms with E-state index in [0.29, 0.717) is 17.0 Å². The molecule has 1 N–H and O–H groups in total. The molecule has 0 bridgehead atoms. The van der Waals surface area contributed by atoms with Crippen molar-refractivity contribution in [2.75, 3.05) is 7.11 Å². The lowest BCUT2D eigenvalue weighted by molar-refractivity contribution is 0.0693. The van der Waals surface area contributed by atoms with E-state index >= 15 is 0 Å². The van der Waals surface area contributed by atoms with Gasteiger partial charge in [-0.2, -0.15) is 0 Å². The van der Waals surface area contributed by atoms with Gasteiger partial charge in [0, 0.05) is 11.5 Å². The summed E-state index contributed by atoms with van der Waals surface area (Å²) in [6.45, 7) is 1.78. The van der Waals surface area contributed by atoms with Crippen LogP contribution in [0.2, 0.25) is 0 Å². The molecule has 1 heterocycles. The van der Waals surface area contributed by atoms with Crippen LogP contribution in [0.3, 0.4) is 0 Å². The van der Waals surface area contributed by atoms with Crippen LogP contribution < -0.4 is 4.74 Å². The van der Waals surface area contributed by atoms with Crippen molar-refractivity contribution in [3.8, 4) is 5.75 Å². The van der Waals surface area contributed by atoms with Crippen LogP contribution in [0.4, 0.5) is 0 Å². The summed E-state index contributed by atoms with van der Waals surface area (Å²) < 4.78 is 9.96. The monoisotopic (exact) mass is 207 g/mol. The minimum atomic E-state index is -1.05. The van der Waals surface area contributed by atoms with Crippen molar-refractivity contribution in [1.29, 1.82) is 0 Å². The van der Waals surface area contributed by atoms with Gasteiger partial charge in [0.1, 0.15) is 11.3 Å². The first-order valence-corrected chi connectivity index (χ1v) is 4.31. The molecule has 2 aromatic rings. The number of methoxy groups -OCH3 is 1. The van der Waals surface area contributed by atoms with Crippen molar-refractivity contribution in [3.05, 3.63) is 23.4 Å². The summed E-state index contributed by atoms with van der Waals surface area (Å²) in [5.74, 6) is -0.746. The molecule has 0 aliphatic rings. The summed E-state index contributed by atoms with van der Waals surface area (Å²) in [6, 6.07) is 3.03. The Kier molecular flexibility index (Phi) is 2.07. The van der Waals surface area contributed by atoms with Gasteiger partial charge in [-0.15, -0.1) is 0 Å². The Balaban J connectivity index is 2.76. The lowest BCUT2D eigenvalue weighted by Crippen LogP contribution is -1.99.